The number of hydrogen-bond acceptors (Lipinski definition) is 9. The van der Waals surface area contributed by atoms with E-state index in [0.29, 0.717) is 23.9 Å². The average molecular weight is 605 g/mol. The number of hydrogen-bond donors (Lipinski definition) is 5. The molecule has 0 atom stereocenters. The number of aromatic carboxylic acids is 2. The Kier molecular flexibility index (Phi) is 9.44. The summed E-state index contributed by atoms with van der Waals surface area (Å²) in [6, 6.07) is 16.0. The molecule has 218 valence electrons. The van der Waals surface area contributed by atoms with Crippen LogP contribution in [0.3, 0.4) is 0 Å². The summed E-state index contributed by atoms with van der Waals surface area (Å²) in [7, 11) is -3.79. The molecule has 12 nitrogen and oxygen atoms in total. The number of sulfonamides is 1. The van der Waals surface area contributed by atoms with Crippen LogP contribution in [0.4, 0.5) is 30.4 Å². The van der Waals surface area contributed by atoms with Gasteiger partial charge in [0.25, 0.3) is 10.0 Å². The molecule has 1 heterocycles. The number of carboxylic acids is 2. The Morgan fingerprint density at radius 2 is 1.38 bits per heavy atom. The van der Waals surface area contributed by atoms with Crippen LogP contribution in [0.2, 0.25) is 0 Å². The third-order valence-electron chi connectivity index (χ3n) is 5.10. The number of alkyl halides is 3. The lowest BCUT2D eigenvalue weighted by Crippen LogP contribution is -2.13. The Morgan fingerprint density at radius 3 is 1.93 bits per heavy atom. The number of phenols is 2. The number of halogens is 3. The molecule has 3 aromatic carbocycles. The van der Waals surface area contributed by atoms with Gasteiger partial charge in [-0.1, -0.05) is 6.07 Å². The van der Waals surface area contributed by atoms with E-state index in [1.54, 1.807) is 12.1 Å². The number of pyridine rings is 1. The van der Waals surface area contributed by atoms with Gasteiger partial charge in [0.15, 0.2) is 0 Å². The van der Waals surface area contributed by atoms with Crippen molar-refractivity contribution in [2.24, 2.45) is 10.2 Å². The first-order valence-corrected chi connectivity index (χ1v) is 12.8. The van der Waals surface area contributed by atoms with Gasteiger partial charge in [0.05, 0.1) is 21.8 Å². The quantitative estimate of drug-likeness (QED) is 0.161. The highest BCUT2D eigenvalue weighted by Gasteiger charge is 2.31. The minimum absolute atomic E-state index is 0.0231. The molecule has 0 fully saturated rings. The van der Waals surface area contributed by atoms with Gasteiger partial charge in [0.2, 0.25) is 0 Å². The van der Waals surface area contributed by atoms with Crippen LogP contribution < -0.4 is 4.72 Å². The van der Waals surface area contributed by atoms with E-state index in [0.717, 1.165) is 0 Å². The van der Waals surface area contributed by atoms with Crippen molar-refractivity contribution < 1.29 is 51.6 Å². The molecule has 0 radical (unpaired) electrons. The summed E-state index contributed by atoms with van der Waals surface area (Å²) in [6.07, 6.45) is -3.12. The Balaban J connectivity index is 0.000000291. The molecule has 0 spiro atoms. The normalized spacial score (nSPS) is 11.4. The first kappa shape index (κ1) is 31.0. The van der Waals surface area contributed by atoms with Crippen LogP contribution in [-0.4, -0.2) is 45.8 Å². The highest BCUT2D eigenvalue weighted by molar-refractivity contribution is 7.92. The van der Waals surface area contributed by atoms with Crippen LogP contribution >= 0.6 is 0 Å². The molecule has 0 aliphatic rings. The number of benzene rings is 3. The predicted molar refractivity (Wildman–Crippen MR) is 141 cm³/mol. The zero-order valence-corrected chi connectivity index (χ0v) is 21.7. The molecule has 0 saturated carbocycles. The third kappa shape index (κ3) is 8.25. The maximum Gasteiger partial charge on any atom is 0.416 e. The van der Waals surface area contributed by atoms with Gasteiger partial charge in [-0.3, -0.25) is 4.72 Å². The van der Waals surface area contributed by atoms with Gasteiger partial charge in [0.1, 0.15) is 28.4 Å². The molecule has 1 aromatic heterocycles. The maximum atomic E-state index is 12.3. The smallest absolute Gasteiger partial charge is 0.416 e. The molecule has 0 bridgehead atoms. The van der Waals surface area contributed by atoms with E-state index in [9.17, 15) is 36.3 Å². The van der Waals surface area contributed by atoms with Gasteiger partial charge in [-0.25, -0.2) is 23.0 Å². The summed E-state index contributed by atoms with van der Waals surface area (Å²) < 4.78 is 63.2. The Hall–Kier alpha value is -5.51. The fraction of sp³-hybridized carbons (Fsp3) is 0.0385. The lowest BCUT2D eigenvalue weighted by atomic mass is 10.1. The van der Waals surface area contributed by atoms with Gasteiger partial charge >= 0.3 is 18.1 Å². The largest absolute Gasteiger partial charge is 0.507 e. The van der Waals surface area contributed by atoms with Gasteiger partial charge in [-0.2, -0.15) is 23.4 Å². The standard InChI is InChI=1S/C18H14N4O5S.C8H5F3O3/c23-16-9-6-13(11-15(16)18(24)25)21-20-12-4-7-14(8-5-12)28(26,27)22-17-3-1-2-10-19-17;9-8(10,11)4-1-2-5(7(13)14)6(12)3-4/h1-11,23H,(H,19,22)(H,24,25);1-3,12H,(H,13,14). The van der Waals surface area contributed by atoms with Crippen LogP contribution in [0.5, 0.6) is 11.5 Å². The molecule has 4 rings (SSSR count). The van der Waals surface area contributed by atoms with E-state index in [4.69, 9.17) is 15.3 Å². The number of rotatable bonds is 7. The minimum Gasteiger partial charge on any atom is -0.507 e. The molecule has 0 saturated heterocycles. The van der Waals surface area contributed by atoms with E-state index >= 15 is 0 Å². The fourth-order valence-electron chi connectivity index (χ4n) is 3.07. The summed E-state index contributed by atoms with van der Waals surface area (Å²) in [6.45, 7) is 0. The maximum absolute atomic E-state index is 12.3. The topological polar surface area (TPSA) is 199 Å². The molecule has 0 amide bonds. The molecule has 5 N–H and O–H groups in total. The number of nitrogens with one attached hydrogen (secondary N) is 1. The number of aromatic nitrogens is 1. The summed E-state index contributed by atoms with van der Waals surface area (Å²) in [5.74, 6) is -3.83. The van der Waals surface area contributed by atoms with Gasteiger partial charge < -0.3 is 20.4 Å². The zero-order valence-electron chi connectivity index (χ0n) is 20.9. The molecule has 4 aromatic rings. The highest BCUT2D eigenvalue weighted by atomic mass is 32.2. The van der Waals surface area contributed by atoms with Gasteiger partial charge in [-0.05, 0) is 72.8 Å². The monoisotopic (exact) mass is 604 g/mol. The Labute approximate surface area is 235 Å². The summed E-state index contributed by atoms with van der Waals surface area (Å²) in [4.78, 5) is 25.3. The second-order valence-electron chi connectivity index (χ2n) is 8.06. The second kappa shape index (κ2) is 12.8. The number of azo groups is 1. The van der Waals surface area contributed by atoms with Crippen LogP contribution in [0.1, 0.15) is 26.3 Å². The molecule has 0 aliphatic heterocycles. The summed E-state index contributed by atoms with van der Waals surface area (Å²) >= 11 is 0. The van der Waals surface area contributed by atoms with Gasteiger partial charge in [-0.15, -0.1) is 0 Å². The molecule has 42 heavy (non-hydrogen) atoms. The van der Waals surface area contributed by atoms with Crippen molar-refractivity contribution in [1.29, 1.82) is 0 Å². The Bertz CT molecular complexity index is 1730. The van der Waals surface area contributed by atoms with Crippen molar-refractivity contribution in [2.75, 3.05) is 4.72 Å². The van der Waals surface area contributed by atoms with Crippen LogP contribution in [-0.2, 0) is 16.2 Å². The van der Waals surface area contributed by atoms with E-state index in [1.807, 2.05) is 0 Å². The first-order chi connectivity index (χ1) is 19.7. The van der Waals surface area contributed by atoms with Crippen molar-refractivity contribution in [2.45, 2.75) is 11.1 Å². The van der Waals surface area contributed by atoms with E-state index in [2.05, 4.69) is 19.9 Å². The molecule has 0 unspecified atom stereocenters. The van der Waals surface area contributed by atoms with Crippen LogP contribution in [0.15, 0.2) is 100 Å². The number of aromatic hydroxyl groups is 2. The zero-order chi connectivity index (χ0) is 31.1. The van der Waals surface area contributed by atoms with E-state index in [1.165, 1.54) is 54.7 Å². The summed E-state index contributed by atoms with van der Waals surface area (Å²) in [5.41, 5.74) is -1.35. The SMILES string of the molecule is O=C(O)c1cc(N=Nc2ccc(S(=O)(=O)Nc3ccccn3)cc2)ccc1O.O=C(O)c1ccc(C(F)(F)F)cc1O. The van der Waals surface area contributed by atoms with Crippen molar-refractivity contribution in [3.8, 4) is 11.5 Å². The van der Waals surface area contributed by atoms with Crippen LogP contribution in [0.25, 0.3) is 0 Å². The van der Waals surface area contributed by atoms with E-state index < -0.39 is 45.0 Å². The van der Waals surface area contributed by atoms with Crippen molar-refractivity contribution >= 4 is 39.2 Å². The number of anilines is 1. The van der Waals surface area contributed by atoms with Gasteiger partial charge in [0, 0.05) is 6.20 Å². The van der Waals surface area contributed by atoms with Crippen molar-refractivity contribution in [1.82, 2.24) is 4.98 Å². The minimum atomic E-state index is -4.59. The number of nitrogens with zero attached hydrogens (tertiary/aromatic N) is 3. The molecular formula is C26H19F3N4O8S. The first-order valence-electron chi connectivity index (χ1n) is 11.3. The molecule has 16 heteroatoms. The van der Waals surface area contributed by atoms with Crippen molar-refractivity contribution in [3.05, 3.63) is 102 Å². The predicted octanol–water partition coefficient (Wildman–Crippen LogP) is 5.81. The second-order valence-corrected chi connectivity index (χ2v) is 9.74. The lowest BCUT2D eigenvalue weighted by molar-refractivity contribution is -0.137. The lowest BCUT2D eigenvalue weighted by Gasteiger charge is -2.07. The third-order valence-corrected chi connectivity index (χ3v) is 6.47. The average Bonchev–Trinajstić information content (AvgIpc) is 2.92. The number of carbonyl (C=O) groups is 2. The van der Waals surface area contributed by atoms with E-state index in [-0.39, 0.29) is 27.7 Å². The Morgan fingerprint density at radius 1 is 0.762 bits per heavy atom. The van der Waals surface area contributed by atoms with Crippen molar-refractivity contribution in [3.63, 3.8) is 0 Å². The molecule has 0 aliphatic carbocycles. The summed E-state index contributed by atoms with van der Waals surface area (Å²) in [5, 5.41) is 43.7. The highest BCUT2D eigenvalue weighted by Crippen LogP contribution is 2.32. The number of carboxylic acid groups (broad SMARTS) is 2. The molecular weight excluding hydrogens is 585 g/mol. The fourth-order valence-corrected chi connectivity index (χ4v) is 4.08. The van der Waals surface area contributed by atoms with Crippen LogP contribution in [0, 0.1) is 0 Å².